The highest BCUT2D eigenvalue weighted by Gasteiger charge is 2.05. The summed E-state index contributed by atoms with van der Waals surface area (Å²) in [5, 5.41) is 10.7. The van der Waals surface area contributed by atoms with Crippen LogP contribution in [0.5, 0.6) is 0 Å². The summed E-state index contributed by atoms with van der Waals surface area (Å²) in [7, 11) is 0. The van der Waals surface area contributed by atoms with Crippen LogP contribution >= 0.6 is 15.9 Å². The largest absolute Gasteiger partial charge is 0.349 e. The van der Waals surface area contributed by atoms with E-state index in [1.165, 1.54) is 0 Å². The lowest BCUT2D eigenvalue weighted by atomic mass is 10.2. The molecule has 0 spiro atoms. The zero-order chi connectivity index (χ0) is 13.8. The second kappa shape index (κ2) is 5.94. The molecule has 0 atom stereocenters. The van der Waals surface area contributed by atoms with Crippen LogP contribution in [0.4, 0.5) is 0 Å². The number of hydrogen-bond donors (Lipinski definition) is 2. The number of nitrogens with zero attached hydrogens (tertiary/aromatic N) is 3. The Bertz CT molecular complexity index is 575. The lowest BCUT2D eigenvalue weighted by Crippen LogP contribution is -2.29. The first kappa shape index (κ1) is 13.7. The molecule has 1 aromatic carbocycles. The third-order valence-corrected chi connectivity index (χ3v) is 2.94. The van der Waals surface area contributed by atoms with Crippen LogP contribution in [0.25, 0.3) is 5.69 Å². The first-order valence-electron chi connectivity index (χ1n) is 5.74. The molecule has 0 radical (unpaired) electrons. The van der Waals surface area contributed by atoms with E-state index in [0.29, 0.717) is 12.2 Å². The average molecular weight is 324 g/mol. The van der Waals surface area contributed by atoms with E-state index in [4.69, 9.17) is 5.73 Å². The number of rotatable bonds is 4. The fraction of sp³-hybridized carbons (Fsp3) is 0.250. The topological polar surface area (TPSA) is 85.8 Å². The molecule has 7 heteroatoms. The van der Waals surface area contributed by atoms with Crippen LogP contribution in [0.2, 0.25) is 0 Å². The number of amides is 1. The fourth-order valence-electron chi connectivity index (χ4n) is 1.62. The van der Waals surface area contributed by atoms with Gasteiger partial charge in [0.2, 0.25) is 5.91 Å². The monoisotopic (exact) mass is 323 g/mol. The summed E-state index contributed by atoms with van der Waals surface area (Å²) in [6, 6.07) is 5.97. The van der Waals surface area contributed by atoms with E-state index >= 15 is 0 Å². The fourth-order valence-corrected chi connectivity index (χ4v) is 2.21. The molecular weight excluding hydrogens is 310 g/mol. The van der Waals surface area contributed by atoms with Gasteiger partial charge in [-0.1, -0.05) is 21.1 Å². The van der Waals surface area contributed by atoms with Gasteiger partial charge in [-0.25, -0.2) is 4.68 Å². The molecule has 19 heavy (non-hydrogen) atoms. The molecule has 1 aromatic heterocycles. The second-order valence-electron chi connectivity index (χ2n) is 4.12. The Labute approximate surface area is 119 Å². The van der Waals surface area contributed by atoms with E-state index in [2.05, 4.69) is 31.6 Å². The maximum Gasteiger partial charge on any atom is 0.234 e. The third-order valence-electron chi connectivity index (χ3n) is 2.48. The zero-order valence-corrected chi connectivity index (χ0v) is 12.0. The van der Waals surface area contributed by atoms with E-state index in [1.54, 1.807) is 10.9 Å². The molecule has 0 saturated carbocycles. The smallest absolute Gasteiger partial charge is 0.234 e. The SMILES string of the molecule is Cc1cc(Br)cc(-n2cc(CNC(=O)CN)nn2)c1. The quantitative estimate of drug-likeness (QED) is 0.875. The molecule has 1 heterocycles. The third kappa shape index (κ3) is 3.62. The molecular formula is C12H14BrN5O. The molecule has 0 saturated heterocycles. The highest BCUT2D eigenvalue weighted by atomic mass is 79.9. The maximum absolute atomic E-state index is 11.1. The summed E-state index contributed by atoms with van der Waals surface area (Å²) in [5.74, 6) is -0.215. The number of aryl methyl sites for hydroxylation is 1. The lowest BCUT2D eigenvalue weighted by molar-refractivity contribution is -0.119. The zero-order valence-electron chi connectivity index (χ0n) is 10.4. The molecule has 1 amide bonds. The Hall–Kier alpha value is -1.73. The van der Waals surface area contributed by atoms with Gasteiger partial charge in [0.25, 0.3) is 0 Å². The number of benzene rings is 1. The van der Waals surface area contributed by atoms with Crippen molar-refractivity contribution in [1.29, 1.82) is 0 Å². The van der Waals surface area contributed by atoms with Crippen molar-refractivity contribution in [1.82, 2.24) is 20.3 Å². The Morgan fingerprint density at radius 1 is 1.47 bits per heavy atom. The van der Waals surface area contributed by atoms with Crippen LogP contribution in [-0.4, -0.2) is 27.4 Å². The van der Waals surface area contributed by atoms with Crippen molar-refractivity contribution < 1.29 is 4.79 Å². The molecule has 0 fully saturated rings. The Balaban J connectivity index is 2.14. The summed E-state index contributed by atoms with van der Waals surface area (Å²) in [6.07, 6.45) is 1.78. The van der Waals surface area contributed by atoms with Crippen molar-refractivity contribution >= 4 is 21.8 Å². The number of halogens is 1. The highest BCUT2D eigenvalue weighted by molar-refractivity contribution is 9.10. The van der Waals surface area contributed by atoms with Crippen LogP contribution in [0, 0.1) is 6.92 Å². The molecule has 2 rings (SSSR count). The number of carbonyl (C=O) groups is 1. The summed E-state index contributed by atoms with van der Waals surface area (Å²) in [6.45, 7) is 2.30. The first-order chi connectivity index (χ1) is 9.08. The second-order valence-corrected chi connectivity index (χ2v) is 5.04. The van der Waals surface area contributed by atoms with Crippen LogP contribution in [-0.2, 0) is 11.3 Å². The van der Waals surface area contributed by atoms with Crippen molar-refractivity contribution in [3.8, 4) is 5.69 Å². The molecule has 0 aliphatic rings. The molecule has 0 aliphatic carbocycles. The van der Waals surface area contributed by atoms with E-state index in [0.717, 1.165) is 15.7 Å². The van der Waals surface area contributed by atoms with Crippen molar-refractivity contribution in [3.05, 3.63) is 40.1 Å². The van der Waals surface area contributed by atoms with E-state index < -0.39 is 0 Å². The minimum atomic E-state index is -0.215. The minimum absolute atomic E-state index is 0.0288. The van der Waals surface area contributed by atoms with Gasteiger partial charge in [-0.2, -0.15) is 0 Å². The molecule has 100 valence electrons. The van der Waals surface area contributed by atoms with Gasteiger partial charge in [0.05, 0.1) is 25.0 Å². The predicted molar refractivity (Wildman–Crippen MR) is 74.7 cm³/mol. The first-order valence-corrected chi connectivity index (χ1v) is 6.53. The number of nitrogens with one attached hydrogen (secondary N) is 1. The lowest BCUT2D eigenvalue weighted by Gasteiger charge is -2.02. The van der Waals surface area contributed by atoms with Crippen molar-refractivity contribution in [3.63, 3.8) is 0 Å². The van der Waals surface area contributed by atoms with Crippen molar-refractivity contribution in [2.75, 3.05) is 6.54 Å². The van der Waals surface area contributed by atoms with Crippen molar-refractivity contribution in [2.45, 2.75) is 13.5 Å². The molecule has 2 aromatic rings. The van der Waals surface area contributed by atoms with Crippen LogP contribution in [0.1, 0.15) is 11.3 Å². The number of hydrogen-bond acceptors (Lipinski definition) is 4. The molecule has 0 bridgehead atoms. The predicted octanol–water partition coefficient (Wildman–Crippen LogP) is 0.913. The molecule has 0 aliphatic heterocycles. The van der Waals surface area contributed by atoms with Crippen LogP contribution in [0.15, 0.2) is 28.9 Å². The Morgan fingerprint density at radius 3 is 2.95 bits per heavy atom. The van der Waals surface area contributed by atoms with Gasteiger partial charge in [-0.3, -0.25) is 4.79 Å². The van der Waals surface area contributed by atoms with Gasteiger partial charge in [0, 0.05) is 4.47 Å². The number of carbonyl (C=O) groups excluding carboxylic acids is 1. The summed E-state index contributed by atoms with van der Waals surface area (Å²) < 4.78 is 2.65. The van der Waals surface area contributed by atoms with Crippen molar-refractivity contribution in [2.24, 2.45) is 5.73 Å². The van der Waals surface area contributed by atoms with E-state index in [1.807, 2.05) is 25.1 Å². The average Bonchev–Trinajstić information content (AvgIpc) is 2.83. The minimum Gasteiger partial charge on any atom is -0.349 e. The van der Waals surface area contributed by atoms with Gasteiger partial charge in [0.1, 0.15) is 5.69 Å². The van der Waals surface area contributed by atoms with Gasteiger partial charge in [-0.05, 0) is 30.7 Å². The summed E-state index contributed by atoms with van der Waals surface area (Å²) >= 11 is 3.44. The van der Waals surface area contributed by atoms with E-state index in [9.17, 15) is 4.79 Å². The Morgan fingerprint density at radius 2 is 2.26 bits per heavy atom. The molecule has 6 nitrogen and oxygen atoms in total. The molecule has 3 N–H and O–H groups in total. The highest BCUT2D eigenvalue weighted by Crippen LogP contribution is 2.17. The van der Waals surface area contributed by atoms with Gasteiger partial charge in [0.15, 0.2) is 0 Å². The van der Waals surface area contributed by atoms with Crippen LogP contribution < -0.4 is 11.1 Å². The van der Waals surface area contributed by atoms with Crippen LogP contribution in [0.3, 0.4) is 0 Å². The summed E-state index contributed by atoms with van der Waals surface area (Å²) in [4.78, 5) is 11.1. The number of nitrogens with two attached hydrogens (primary N) is 1. The Kier molecular flexibility index (Phi) is 4.28. The maximum atomic E-state index is 11.1. The summed E-state index contributed by atoms with van der Waals surface area (Å²) in [5.41, 5.74) is 7.92. The van der Waals surface area contributed by atoms with Gasteiger partial charge >= 0.3 is 0 Å². The molecule has 0 unspecified atom stereocenters. The normalized spacial score (nSPS) is 10.5. The number of aromatic nitrogens is 3. The van der Waals surface area contributed by atoms with Gasteiger partial charge in [-0.15, -0.1) is 5.10 Å². The van der Waals surface area contributed by atoms with Gasteiger partial charge < -0.3 is 11.1 Å². The standard InChI is InChI=1S/C12H14BrN5O/c1-8-2-9(13)4-11(3-8)18-7-10(16-17-18)6-15-12(19)5-14/h2-4,7H,5-6,14H2,1H3,(H,15,19). The van der Waals surface area contributed by atoms with E-state index in [-0.39, 0.29) is 12.5 Å².